The lowest BCUT2D eigenvalue weighted by molar-refractivity contribution is -0.140. The molecule has 0 spiro atoms. The molecule has 0 bridgehead atoms. The number of aryl methyl sites for hydroxylation is 2. The van der Waals surface area contributed by atoms with E-state index in [9.17, 15) is 72.5 Å². The second-order valence-electron chi connectivity index (χ2n) is 23.0. The van der Waals surface area contributed by atoms with E-state index in [0.29, 0.717) is 73.8 Å². The van der Waals surface area contributed by atoms with Crippen LogP contribution in [0, 0.1) is 24.2 Å². The number of aromatic nitrogens is 1. The predicted molar refractivity (Wildman–Crippen MR) is 326 cm³/mol. The van der Waals surface area contributed by atoms with Gasteiger partial charge in [-0.1, -0.05) is 36.2 Å². The predicted octanol–water partition coefficient (Wildman–Crippen LogP) is 2.16. The molecule has 4 heterocycles. The highest BCUT2D eigenvalue weighted by atomic mass is 32.2. The van der Waals surface area contributed by atoms with Crippen molar-refractivity contribution < 1.29 is 72.0 Å². The fourth-order valence-electron chi connectivity index (χ4n) is 10.9. The number of hydrogen-bond donors (Lipinski definition) is 7. The molecule has 6 rings (SSSR count). The fraction of sp³-hybridized carbons (Fsp3) is 0.590. The summed E-state index contributed by atoms with van der Waals surface area (Å²) in [5.41, 5.74) is 3.00. The van der Waals surface area contributed by atoms with Gasteiger partial charge in [0.1, 0.15) is 23.9 Å². The van der Waals surface area contributed by atoms with Crippen LogP contribution in [0.25, 0.3) is 10.9 Å². The Hall–Kier alpha value is -7.58. The molecule has 0 saturated carbocycles. The smallest absolute Gasteiger partial charge is 0.317 e. The topological polar surface area (TPSA) is 328 Å². The summed E-state index contributed by atoms with van der Waals surface area (Å²) in [6, 6.07) is 13.1. The molecule has 0 aliphatic carbocycles. The number of fused-ring (bicyclic) bond motifs is 1. The van der Waals surface area contributed by atoms with E-state index in [1.807, 2.05) is 31.2 Å². The number of nitrogens with zero attached hydrogens (tertiary/aromatic N) is 8. The summed E-state index contributed by atoms with van der Waals surface area (Å²) in [6.45, 7) is 4.07. The second-order valence-corrected chi connectivity index (χ2v) is 24.1. The number of alkyl halides is 2. The molecule has 3 aliphatic rings. The third-order valence-corrected chi connectivity index (χ3v) is 17.0. The molecule has 6 amide bonds. The zero-order valence-electron chi connectivity index (χ0n) is 50.7. The van der Waals surface area contributed by atoms with Crippen molar-refractivity contribution in [1.82, 2.24) is 55.7 Å². The van der Waals surface area contributed by atoms with Crippen molar-refractivity contribution in [3.63, 3.8) is 0 Å². The lowest BCUT2D eigenvalue weighted by atomic mass is 9.91. The van der Waals surface area contributed by atoms with E-state index in [1.54, 1.807) is 55.7 Å². The zero-order chi connectivity index (χ0) is 64.5. The number of pyridine rings is 1. The molecular formula is C61H84F2N12O13S. The van der Waals surface area contributed by atoms with Crippen molar-refractivity contribution in [2.45, 2.75) is 95.7 Å². The zero-order valence-corrected chi connectivity index (χ0v) is 51.5. The number of benzene rings is 2. The SMILES string of the molecule is Cc1ccc(CCCC(=O)NCCSC[C@H](NC(=O)CN2CCN(CC(=O)O)CCN(CC(=O)O)CCN(CC(=O)O)CC2)C(=O)N[C@@H](C)C(=O)N2CCC(CCCCOc3ccc4nccc(C(=O)NCC(=O)N5CC(F)(F)C[C@@H]5C#N)c4c3)CC2)cc1. The number of thioether (sulfide) groups is 1. The van der Waals surface area contributed by atoms with Crippen molar-refractivity contribution in [2.75, 3.05) is 129 Å². The number of amides is 6. The van der Waals surface area contributed by atoms with E-state index >= 15 is 0 Å². The molecular weight excluding hydrogens is 1180 g/mol. The van der Waals surface area contributed by atoms with Crippen molar-refractivity contribution in [2.24, 2.45) is 5.92 Å². The van der Waals surface area contributed by atoms with Gasteiger partial charge in [0.05, 0.1) is 63.0 Å². The summed E-state index contributed by atoms with van der Waals surface area (Å²) in [4.78, 5) is 130. The van der Waals surface area contributed by atoms with E-state index in [4.69, 9.17) is 4.74 Å². The third kappa shape index (κ3) is 24.4. The van der Waals surface area contributed by atoms with Crippen molar-refractivity contribution >= 4 is 76.0 Å². The molecule has 28 heteroatoms. The second kappa shape index (κ2) is 35.6. The minimum atomic E-state index is -3.19. The van der Waals surface area contributed by atoms with Crippen molar-refractivity contribution in [1.29, 1.82) is 5.26 Å². The van der Waals surface area contributed by atoms with Crippen LogP contribution >= 0.6 is 11.8 Å². The van der Waals surface area contributed by atoms with Crippen molar-refractivity contribution in [3.05, 3.63) is 71.4 Å². The van der Waals surface area contributed by atoms with E-state index in [2.05, 4.69) is 26.3 Å². The highest BCUT2D eigenvalue weighted by Gasteiger charge is 2.47. The molecule has 3 aliphatic heterocycles. The Morgan fingerprint density at radius 1 is 0.764 bits per heavy atom. The number of aliphatic carboxylic acids is 3. The summed E-state index contributed by atoms with van der Waals surface area (Å²) in [5.74, 6) is -8.05. The number of halogens is 2. The summed E-state index contributed by atoms with van der Waals surface area (Å²) in [7, 11) is 0. The first-order chi connectivity index (χ1) is 42.5. The van der Waals surface area contributed by atoms with Crippen LogP contribution in [-0.4, -0.2) is 256 Å². The number of hydrogen-bond acceptors (Lipinski definition) is 17. The van der Waals surface area contributed by atoms with E-state index in [1.165, 1.54) is 24.0 Å². The first kappa shape index (κ1) is 70.5. The van der Waals surface area contributed by atoms with Crippen LogP contribution in [0.5, 0.6) is 5.75 Å². The largest absolute Gasteiger partial charge is 0.494 e. The average molecular weight is 1260 g/mol. The van der Waals surface area contributed by atoms with Gasteiger partial charge in [-0.15, -0.1) is 0 Å². The molecule has 3 saturated heterocycles. The van der Waals surface area contributed by atoms with Crippen LogP contribution in [0.3, 0.4) is 0 Å². The van der Waals surface area contributed by atoms with Gasteiger partial charge in [0, 0.05) is 108 Å². The average Bonchev–Trinajstić information content (AvgIpc) is 2.81. The van der Waals surface area contributed by atoms with Crippen LogP contribution in [-0.2, 0) is 44.8 Å². The number of carboxylic acids is 3. The summed E-state index contributed by atoms with van der Waals surface area (Å²) in [5, 5.41) is 49.7. The molecule has 1 aromatic heterocycles. The summed E-state index contributed by atoms with van der Waals surface area (Å²) < 4.78 is 33.9. The van der Waals surface area contributed by atoms with Crippen LogP contribution in [0.15, 0.2) is 54.7 Å². The Morgan fingerprint density at radius 2 is 1.37 bits per heavy atom. The molecule has 3 fully saturated rings. The minimum Gasteiger partial charge on any atom is -0.494 e. The molecule has 486 valence electrons. The molecule has 3 aromatic rings. The quantitative estimate of drug-likeness (QED) is 0.0470. The number of nitrogens with one attached hydrogen (secondary N) is 4. The summed E-state index contributed by atoms with van der Waals surface area (Å²) >= 11 is 1.33. The number of likely N-dealkylation sites (tertiary alicyclic amines) is 2. The van der Waals surface area contributed by atoms with Gasteiger partial charge in [-0.3, -0.25) is 67.7 Å². The van der Waals surface area contributed by atoms with Gasteiger partial charge in [-0.2, -0.15) is 17.0 Å². The number of carbonyl (C=O) groups is 9. The number of nitriles is 1. The number of carbonyl (C=O) groups excluding carboxylic acids is 6. The van der Waals surface area contributed by atoms with Crippen LogP contribution < -0.4 is 26.0 Å². The maximum atomic E-state index is 14.1. The Labute approximate surface area is 521 Å². The van der Waals surface area contributed by atoms with Gasteiger partial charge in [-0.05, 0) is 88.1 Å². The standard InChI is InChI=1S/C61H84F2N12O13S/c1-42-9-11-44(12-10-42)7-5-8-52(76)66-19-31-89-40-51(69-53(77)36-70-22-24-71(37-55(79)80)26-28-73(39-57(83)84)29-27-72(25-23-70)38-56(81)82)59(86)68-43(2)60(87)74-20-16-45(17-21-74)6-3-4-30-88-47-13-14-50-49(32-47)48(15-18-65-50)58(85)67-35-54(78)75-41-61(62,63)33-46(75)34-64/h9-15,18,32,43,45-46,51H,3-8,16-17,19-31,33,35-41H2,1-2H3,(H,66,76)(H,67,85)(H,68,86)(H,69,77)(H,79,80)(H,81,82)(H,83,84)/t43-,46+,51-/m0/s1. The first-order valence-corrected chi connectivity index (χ1v) is 31.4. The Morgan fingerprint density at radius 3 is 1.97 bits per heavy atom. The molecule has 2 aromatic carbocycles. The van der Waals surface area contributed by atoms with Gasteiger partial charge < -0.3 is 51.1 Å². The number of unbranched alkanes of at least 4 members (excludes halogenated alkanes) is 1. The number of ether oxygens (including phenoxy) is 1. The lowest BCUT2D eigenvalue weighted by Crippen LogP contribution is -2.56. The Bertz CT molecular complexity index is 2920. The van der Waals surface area contributed by atoms with Crippen molar-refractivity contribution in [3.8, 4) is 11.8 Å². The molecule has 7 N–H and O–H groups in total. The number of carboxylic acid groups (broad SMARTS) is 3. The van der Waals surface area contributed by atoms with E-state index in [0.717, 1.165) is 48.1 Å². The highest BCUT2D eigenvalue weighted by molar-refractivity contribution is 7.99. The van der Waals surface area contributed by atoms with Crippen LogP contribution in [0.4, 0.5) is 8.78 Å². The Kier molecular flexibility index (Phi) is 28.2. The normalized spacial score (nSPS) is 18.1. The Balaban J connectivity index is 0.984. The van der Waals surface area contributed by atoms with E-state index < -0.39 is 85.1 Å². The van der Waals surface area contributed by atoms with Crippen LogP contribution in [0.2, 0.25) is 0 Å². The number of piperidine rings is 1. The molecule has 89 heavy (non-hydrogen) atoms. The number of rotatable bonds is 30. The minimum absolute atomic E-state index is 0.0926. The van der Waals surface area contributed by atoms with Gasteiger partial charge in [0.25, 0.3) is 11.8 Å². The maximum Gasteiger partial charge on any atom is 0.317 e. The third-order valence-electron chi connectivity index (χ3n) is 15.9. The monoisotopic (exact) mass is 1260 g/mol. The van der Waals surface area contributed by atoms with Crippen LogP contribution in [0.1, 0.15) is 79.8 Å². The maximum absolute atomic E-state index is 14.1. The molecule has 0 radical (unpaired) electrons. The van der Waals surface area contributed by atoms with Gasteiger partial charge in [0.2, 0.25) is 29.5 Å². The summed E-state index contributed by atoms with van der Waals surface area (Å²) in [6.07, 6.45) is 6.36. The fourth-order valence-corrected chi connectivity index (χ4v) is 11.8. The molecule has 25 nitrogen and oxygen atoms in total. The van der Waals surface area contributed by atoms with Gasteiger partial charge in [-0.25, -0.2) is 8.78 Å². The highest BCUT2D eigenvalue weighted by Crippen LogP contribution is 2.32. The molecule has 3 atom stereocenters. The first-order valence-electron chi connectivity index (χ1n) is 30.2. The van der Waals surface area contributed by atoms with Gasteiger partial charge in [0.15, 0.2) is 0 Å². The molecule has 0 unspecified atom stereocenters. The lowest BCUT2D eigenvalue weighted by Gasteiger charge is -2.34. The van der Waals surface area contributed by atoms with E-state index in [-0.39, 0.29) is 102 Å². The van der Waals surface area contributed by atoms with Gasteiger partial charge >= 0.3 is 17.9 Å².